The van der Waals surface area contributed by atoms with E-state index < -0.39 is 0 Å². The summed E-state index contributed by atoms with van der Waals surface area (Å²) in [5.74, 6) is 0.294. The molecule has 0 bridgehead atoms. The van der Waals surface area contributed by atoms with Gasteiger partial charge in [-0.1, -0.05) is 165 Å². The molecule has 0 aromatic heterocycles. The lowest BCUT2D eigenvalue weighted by Gasteiger charge is -2.43. The highest BCUT2D eigenvalue weighted by atomic mass is 14.5. The molecule has 1 unspecified atom stereocenters. The number of unbranched alkanes of at least 4 members (excludes halogenated alkanes) is 3. The molecule has 0 saturated heterocycles. The summed E-state index contributed by atoms with van der Waals surface area (Å²) in [6.45, 7) is 16.4. The molecule has 2 aliphatic carbocycles. The van der Waals surface area contributed by atoms with Gasteiger partial charge in [0, 0.05) is 11.3 Å². The van der Waals surface area contributed by atoms with Gasteiger partial charge in [0.2, 0.25) is 0 Å². The molecule has 0 N–H and O–H groups in total. The summed E-state index contributed by atoms with van der Waals surface area (Å²) in [5, 5.41) is 0. The van der Waals surface area contributed by atoms with Gasteiger partial charge in [0.25, 0.3) is 0 Å². The van der Waals surface area contributed by atoms with E-state index in [2.05, 4.69) is 133 Å². The molecule has 0 heterocycles. The standard InChI is InChI=1S/C39H48/c1-8-9-10-16-25-39(29-19-14-15-20-29,28-17-12-11-13-18-28)36-34-26-30(37(2,3)4)21-23-32(34)33-24-22-31(27-35(33)36)38(5,6)7/h11-15,17-19,21-24,26-27,36H,8-10,16,20,25H2,1-7H3. The second kappa shape index (κ2) is 10.6. The van der Waals surface area contributed by atoms with Crippen LogP contribution in [0, 0.1) is 0 Å². The third-order valence-electron chi connectivity index (χ3n) is 9.30. The Hall–Kier alpha value is -2.86. The first-order valence-corrected chi connectivity index (χ1v) is 15.3. The average Bonchev–Trinajstić information content (AvgIpc) is 3.55. The maximum Gasteiger partial charge on any atom is 0.0277 e. The van der Waals surface area contributed by atoms with Crippen molar-refractivity contribution in [2.45, 2.75) is 109 Å². The summed E-state index contributed by atoms with van der Waals surface area (Å²) in [7, 11) is 0. The molecule has 3 aromatic carbocycles. The Balaban J connectivity index is 1.82. The fourth-order valence-electron chi connectivity index (χ4n) is 7.06. The summed E-state index contributed by atoms with van der Waals surface area (Å²) >= 11 is 0. The Morgan fingerprint density at radius 1 is 0.667 bits per heavy atom. The first-order chi connectivity index (χ1) is 18.6. The Morgan fingerprint density at radius 3 is 1.74 bits per heavy atom. The van der Waals surface area contributed by atoms with Gasteiger partial charge in [-0.25, -0.2) is 0 Å². The van der Waals surface area contributed by atoms with E-state index in [1.807, 2.05) is 0 Å². The molecule has 39 heavy (non-hydrogen) atoms. The maximum absolute atomic E-state index is 2.57. The lowest BCUT2D eigenvalue weighted by molar-refractivity contribution is 0.388. The van der Waals surface area contributed by atoms with Gasteiger partial charge in [0.15, 0.2) is 0 Å². The Bertz CT molecular complexity index is 1310. The number of hydrogen-bond acceptors (Lipinski definition) is 0. The third kappa shape index (κ3) is 5.08. The van der Waals surface area contributed by atoms with Crippen LogP contribution in [0.5, 0.6) is 0 Å². The summed E-state index contributed by atoms with van der Waals surface area (Å²) in [6.07, 6.45) is 14.5. The van der Waals surface area contributed by atoms with E-state index in [9.17, 15) is 0 Å². The van der Waals surface area contributed by atoms with Crippen LogP contribution in [0.4, 0.5) is 0 Å². The fourth-order valence-corrected chi connectivity index (χ4v) is 7.06. The molecule has 204 valence electrons. The average molecular weight is 517 g/mol. The molecular weight excluding hydrogens is 468 g/mol. The zero-order valence-electron chi connectivity index (χ0n) is 25.4. The number of fused-ring (bicyclic) bond motifs is 3. The molecule has 0 fully saturated rings. The van der Waals surface area contributed by atoms with Gasteiger partial charge >= 0.3 is 0 Å². The smallest absolute Gasteiger partial charge is 0.0277 e. The number of hydrogen-bond donors (Lipinski definition) is 0. The minimum absolute atomic E-state index is 0.0779. The summed E-state index contributed by atoms with van der Waals surface area (Å²) in [5.41, 5.74) is 12.0. The van der Waals surface area contributed by atoms with Gasteiger partial charge in [-0.2, -0.15) is 0 Å². The van der Waals surface area contributed by atoms with Gasteiger partial charge in [0.1, 0.15) is 0 Å². The van der Waals surface area contributed by atoms with Gasteiger partial charge < -0.3 is 0 Å². The lowest BCUT2D eigenvalue weighted by Crippen LogP contribution is -2.36. The number of rotatable bonds is 8. The van der Waals surface area contributed by atoms with E-state index in [4.69, 9.17) is 0 Å². The van der Waals surface area contributed by atoms with E-state index in [0.29, 0.717) is 5.92 Å². The summed E-state index contributed by atoms with van der Waals surface area (Å²) in [6, 6.07) is 26.3. The van der Waals surface area contributed by atoms with Crippen LogP contribution in [0.3, 0.4) is 0 Å². The van der Waals surface area contributed by atoms with Crippen molar-refractivity contribution in [1.29, 1.82) is 0 Å². The predicted molar refractivity (Wildman–Crippen MR) is 170 cm³/mol. The normalized spacial score (nSPS) is 16.6. The molecule has 0 saturated carbocycles. The van der Waals surface area contributed by atoms with Gasteiger partial charge in [-0.3, -0.25) is 0 Å². The van der Waals surface area contributed by atoms with Crippen molar-refractivity contribution in [3.05, 3.63) is 118 Å². The molecule has 5 rings (SSSR count). The highest BCUT2D eigenvalue weighted by molar-refractivity contribution is 5.81. The van der Waals surface area contributed by atoms with E-state index in [-0.39, 0.29) is 16.2 Å². The quantitative estimate of drug-likeness (QED) is 0.261. The van der Waals surface area contributed by atoms with E-state index in [0.717, 1.165) is 6.42 Å². The van der Waals surface area contributed by atoms with Crippen molar-refractivity contribution in [1.82, 2.24) is 0 Å². The van der Waals surface area contributed by atoms with E-state index in [1.165, 1.54) is 71.0 Å². The predicted octanol–water partition coefficient (Wildman–Crippen LogP) is 11.2. The van der Waals surface area contributed by atoms with Crippen LogP contribution in [0.25, 0.3) is 11.1 Å². The van der Waals surface area contributed by atoms with Crippen molar-refractivity contribution < 1.29 is 0 Å². The molecular formula is C39H48. The Labute approximate surface area is 238 Å². The summed E-state index contributed by atoms with van der Waals surface area (Å²) in [4.78, 5) is 0. The van der Waals surface area contributed by atoms with Gasteiger partial charge in [-0.05, 0) is 62.6 Å². The largest absolute Gasteiger partial charge is 0.0804 e. The fraction of sp³-hybridized carbons (Fsp3) is 0.436. The van der Waals surface area contributed by atoms with Crippen LogP contribution in [0.1, 0.15) is 121 Å². The number of benzene rings is 3. The van der Waals surface area contributed by atoms with Crippen LogP contribution in [-0.2, 0) is 16.2 Å². The highest BCUT2D eigenvalue weighted by Gasteiger charge is 2.48. The van der Waals surface area contributed by atoms with E-state index in [1.54, 1.807) is 5.57 Å². The molecule has 0 amide bonds. The van der Waals surface area contributed by atoms with Crippen LogP contribution in [0.15, 0.2) is 90.5 Å². The Kier molecular flexibility index (Phi) is 7.53. The highest BCUT2D eigenvalue weighted by Crippen LogP contribution is 2.60. The molecule has 3 aromatic rings. The minimum atomic E-state index is -0.0779. The van der Waals surface area contributed by atoms with Crippen LogP contribution >= 0.6 is 0 Å². The Morgan fingerprint density at radius 2 is 1.26 bits per heavy atom. The van der Waals surface area contributed by atoms with Crippen molar-refractivity contribution in [3.8, 4) is 11.1 Å². The van der Waals surface area contributed by atoms with Crippen LogP contribution in [-0.4, -0.2) is 0 Å². The molecule has 0 spiro atoms. The topological polar surface area (TPSA) is 0 Å². The first kappa shape index (κ1) is 27.7. The maximum atomic E-state index is 2.57. The monoisotopic (exact) mass is 516 g/mol. The van der Waals surface area contributed by atoms with Gasteiger partial charge in [-0.15, -0.1) is 0 Å². The first-order valence-electron chi connectivity index (χ1n) is 15.3. The molecule has 1 atom stereocenters. The summed E-state index contributed by atoms with van der Waals surface area (Å²) < 4.78 is 0. The van der Waals surface area contributed by atoms with Gasteiger partial charge in [0.05, 0.1) is 0 Å². The second-order valence-corrected chi connectivity index (χ2v) is 14.0. The van der Waals surface area contributed by atoms with Crippen molar-refractivity contribution in [3.63, 3.8) is 0 Å². The van der Waals surface area contributed by atoms with Crippen molar-refractivity contribution >= 4 is 0 Å². The van der Waals surface area contributed by atoms with Crippen LogP contribution < -0.4 is 0 Å². The zero-order chi connectivity index (χ0) is 27.8. The van der Waals surface area contributed by atoms with Crippen LogP contribution in [0.2, 0.25) is 0 Å². The number of allylic oxidation sites excluding steroid dienone is 4. The minimum Gasteiger partial charge on any atom is -0.0804 e. The molecule has 0 radical (unpaired) electrons. The molecule has 0 nitrogen and oxygen atoms in total. The lowest BCUT2D eigenvalue weighted by atomic mass is 9.59. The van der Waals surface area contributed by atoms with E-state index >= 15 is 0 Å². The second-order valence-electron chi connectivity index (χ2n) is 14.0. The third-order valence-corrected chi connectivity index (χ3v) is 9.30. The molecule has 2 aliphatic rings. The molecule has 0 heteroatoms. The molecule has 0 aliphatic heterocycles. The zero-order valence-corrected chi connectivity index (χ0v) is 25.4. The van der Waals surface area contributed by atoms with Crippen molar-refractivity contribution in [2.24, 2.45) is 0 Å². The SMILES string of the molecule is CCCCCCC(C1=CC=CC1)(c1ccccc1)C1c2cc(C(C)(C)C)ccc2-c2ccc(C(C)(C)C)cc21. The van der Waals surface area contributed by atoms with Crippen molar-refractivity contribution in [2.75, 3.05) is 0 Å².